The summed E-state index contributed by atoms with van der Waals surface area (Å²) in [5.41, 5.74) is 2.45. The number of anilines is 1. The van der Waals surface area contributed by atoms with Gasteiger partial charge in [-0.15, -0.1) is 0 Å². The highest BCUT2D eigenvalue weighted by Gasteiger charge is 2.30. The summed E-state index contributed by atoms with van der Waals surface area (Å²) in [6.07, 6.45) is 6.85. The Hall–Kier alpha value is -1.35. The van der Waals surface area contributed by atoms with Gasteiger partial charge in [0.1, 0.15) is 0 Å². The summed E-state index contributed by atoms with van der Waals surface area (Å²) >= 11 is 0. The first kappa shape index (κ1) is 14.6. The van der Waals surface area contributed by atoms with E-state index in [0.29, 0.717) is 12.5 Å². The van der Waals surface area contributed by atoms with E-state index in [-0.39, 0.29) is 5.91 Å². The maximum atomic E-state index is 12.4. The molecule has 114 valence electrons. The molecule has 1 aliphatic carbocycles. The highest BCUT2D eigenvalue weighted by atomic mass is 16.2. The lowest BCUT2D eigenvalue weighted by Crippen LogP contribution is -2.48. The Morgan fingerprint density at radius 3 is 2.76 bits per heavy atom. The highest BCUT2D eigenvalue weighted by Crippen LogP contribution is 2.31. The van der Waals surface area contributed by atoms with E-state index in [1.165, 1.54) is 31.2 Å². The summed E-state index contributed by atoms with van der Waals surface area (Å²) in [7, 11) is 0. The third-order valence-corrected chi connectivity index (χ3v) is 5.01. The van der Waals surface area contributed by atoms with E-state index in [4.69, 9.17) is 0 Å². The number of para-hydroxylation sites is 1. The van der Waals surface area contributed by atoms with E-state index in [1.54, 1.807) is 0 Å². The van der Waals surface area contributed by atoms with Crippen LogP contribution in [-0.2, 0) is 11.2 Å². The standard InChI is InChI=1S/C18H26N2O/c1-2-19-16(14-7-3-4-8-14)13-20-17-10-6-5-9-15(17)11-12-18(20)21/h5-6,9-10,14,16,19H,2-4,7-8,11-13H2,1H3. The van der Waals surface area contributed by atoms with Crippen LogP contribution in [0.15, 0.2) is 24.3 Å². The summed E-state index contributed by atoms with van der Waals surface area (Å²) in [6.45, 7) is 3.97. The highest BCUT2D eigenvalue weighted by molar-refractivity contribution is 5.96. The maximum Gasteiger partial charge on any atom is 0.227 e. The number of fused-ring (bicyclic) bond motifs is 1. The van der Waals surface area contributed by atoms with Crippen LogP contribution < -0.4 is 10.2 Å². The maximum absolute atomic E-state index is 12.4. The van der Waals surface area contributed by atoms with Gasteiger partial charge in [0.15, 0.2) is 0 Å². The molecular formula is C18H26N2O. The summed E-state index contributed by atoms with van der Waals surface area (Å²) in [4.78, 5) is 14.4. The molecule has 1 fully saturated rings. The predicted molar refractivity (Wildman–Crippen MR) is 86.5 cm³/mol. The van der Waals surface area contributed by atoms with Crippen LogP contribution >= 0.6 is 0 Å². The number of rotatable bonds is 5. The van der Waals surface area contributed by atoms with Gasteiger partial charge >= 0.3 is 0 Å². The number of nitrogens with one attached hydrogen (secondary N) is 1. The Kier molecular flexibility index (Phi) is 4.59. The van der Waals surface area contributed by atoms with Crippen LogP contribution in [-0.4, -0.2) is 25.0 Å². The van der Waals surface area contributed by atoms with Crippen molar-refractivity contribution in [2.45, 2.75) is 51.5 Å². The SMILES string of the molecule is CCNC(CN1C(=O)CCc2ccccc21)C1CCCC1. The van der Waals surface area contributed by atoms with Gasteiger partial charge in [-0.1, -0.05) is 38.0 Å². The van der Waals surface area contributed by atoms with Gasteiger partial charge in [-0.3, -0.25) is 4.79 Å². The first-order valence-electron chi connectivity index (χ1n) is 8.41. The zero-order chi connectivity index (χ0) is 14.7. The lowest BCUT2D eigenvalue weighted by molar-refractivity contribution is -0.119. The lowest BCUT2D eigenvalue weighted by Gasteiger charge is -2.35. The van der Waals surface area contributed by atoms with E-state index in [9.17, 15) is 4.79 Å². The van der Waals surface area contributed by atoms with Crippen LogP contribution in [0, 0.1) is 5.92 Å². The zero-order valence-electron chi connectivity index (χ0n) is 13.0. The molecule has 1 N–H and O–H groups in total. The summed E-state index contributed by atoms with van der Waals surface area (Å²) < 4.78 is 0. The first-order valence-corrected chi connectivity index (χ1v) is 8.41. The Morgan fingerprint density at radius 2 is 2.00 bits per heavy atom. The molecule has 0 radical (unpaired) electrons. The fraction of sp³-hybridized carbons (Fsp3) is 0.611. The Morgan fingerprint density at radius 1 is 1.24 bits per heavy atom. The van der Waals surface area contributed by atoms with Crippen LogP contribution in [0.25, 0.3) is 0 Å². The van der Waals surface area contributed by atoms with Gasteiger partial charge in [0.2, 0.25) is 5.91 Å². The second-order valence-electron chi connectivity index (χ2n) is 6.34. The van der Waals surface area contributed by atoms with Gasteiger partial charge in [0.25, 0.3) is 0 Å². The molecule has 1 amide bonds. The van der Waals surface area contributed by atoms with E-state index in [0.717, 1.165) is 31.1 Å². The minimum atomic E-state index is 0.287. The molecule has 3 heteroatoms. The van der Waals surface area contributed by atoms with Gasteiger partial charge in [-0.25, -0.2) is 0 Å². The van der Waals surface area contributed by atoms with Crippen molar-refractivity contribution < 1.29 is 4.79 Å². The average molecular weight is 286 g/mol. The molecule has 1 aromatic rings. The zero-order valence-corrected chi connectivity index (χ0v) is 13.0. The molecule has 1 aliphatic heterocycles. The largest absolute Gasteiger partial charge is 0.312 e. The van der Waals surface area contributed by atoms with Gasteiger partial charge in [-0.05, 0) is 43.4 Å². The number of carbonyl (C=O) groups is 1. The molecule has 0 bridgehead atoms. The first-order chi connectivity index (χ1) is 10.3. The van der Waals surface area contributed by atoms with E-state index >= 15 is 0 Å². The molecule has 0 saturated heterocycles. The Balaban J connectivity index is 1.79. The molecule has 21 heavy (non-hydrogen) atoms. The van der Waals surface area contributed by atoms with Crippen LogP contribution in [0.1, 0.15) is 44.6 Å². The minimum Gasteiger partial charge on any atom is -0.312 e. The van der Waals surface area contributed by atoms with Gasteiger partial charge in [-0.2, -0.15) is 0 Å². The fourth-order valence-electron chi connectivity index (χ4n) is 3.90. The molecule has 3 nitrogen and oxygen atoms in total. The number of nitrogens with zero attached hydrogens (tertiary/aromatic N) is 1. The molecule has 1 saturated carbocycles. The van der Waals surface area contributed by atoms with Gasteiger partial charge < -0.3 is 10.2 Å². The number of hydrogen-bond acceptors (Lipinski definition) is 2. The number of likely N-dealkylation sites (N-methyl/N-ethyl adjacent to an activating group) is 1. The minimum absolute atomic E-state index is 0.287. The quantitative estimate of drug-likeness (QED) is 0.902. The molecule has 1 atom stereocenters. The molecule has 1 aromatic carbocycles. The van der Waals surface area contributed by atoms with Crippen LogP contribution in [0.4, 0.5) is 5.69 Å². The summed E-state index contributed by atoms with van der Waals surface area (Å²) in [6, 6.07) is 8.82. The van der Waals surface area contributed by atoms with E-state index in [2.05, 4.69) is 30.4 Å². The number of aryl methyl sites for hydroxylation is 1. The average Bonchev–Trinajstić information content (AvgIpc) is 3.03. The second kappa shape index (κ2) is 6.61. The molecular weight excluding hydrogens is 260 g/mol. The van der Waals surface area contributed by atoms with Crippen molar-refractivity contribution in [3.63, 3.8) is 0 Å². The third kappa shape index (κ3) is 3.13. The molecule has 1 unspecified atom stereocenters. The lowest BCUT2D eigenvalue weighted by atomic mass is 9.95. The van der Waals surface area contributed by atoms with Crippen LogP contribution in [0.5, 0.6) is 0 Å². The Bertz CT molecular complexity index is 494. The van der Waals surface area contributed by atoms with Crippen molar-refractivity contribution in [3.8, 4) is 0 Å². The molecule has 3 rings (SSSR count). The van der Waals surface area contributed by atoms with Crippen molar-refractivity contribution in [2.75, 3.05) is 18.0 Å². The summed E-state index contributed by atoms with van der Waals surface area (Å²) in [5.74, 6) is 1.02. The van der Waals surface area contributed by atoms with Crippen molar-refractivity contribution in [1.82, 2.24) is 5.32 Å². The number of amides is 1. The number of hydrogen-bond donors (Lipinski definition) is 1. The van der Waals surface area contributed by atoms with Crippen LogP contribution in [0.3, 0.4) is 0 Å². The van der Waals surface area contributed by atoms with Gasteiger partial charge in [0, 0.05) is 24.7 Å². The van der Waals surface area contributed by atoms with Crippen molar-refractivity contribution in [1.29, 1.82) is 0 Å². The van der Waals surface area contributed by atoms with E-state index in [1.807, 2.05) is 11.0 Å². The normalized spacial score (nSPS) is 20.6. The molecule has 1 heterocycles. The Labute approximate surface area is 127 Å². The van der Waals surface area contributed by atoms with Crippen molar-refractivity contribution >= 4 is 11.6 Å². The smallest absolute Gasteiger partial charge is 0.227 e. The number of carbonyl (C=O) groups excluding carboxylic acids is 1. The number of benzene rings is 1. The second-order valence-corrected chi connectivity index (χ2v) is 6.34. The van der Waals surface area contributed by atoms with Crippen molar-refractivity contribution in [3.05, 3.63) is 29.8 Å². The predicted octanol–water partition coefficient (Wildman–Crippen LogP) is 3.13. The van der Waals surface area contributed by atoms with Crippen molar-refractivity contribution in [2.24, 2.45) is 5.92 Å². The van der Waals surface area contributed by atoms with Crippen LogP contribution in [0.2, 0.25) is 0 Å². The summed E-state index contributed by atoms with van der Waals surface area (Å²) in [5, 5.41) is 3.63. The fourth-order valence-corrected chi connectivity index (χ4v) is 3.90. The van der Waals surface area contributed by atoms with E-state index < -0.39 is 0 Å². The van der Waals surface area contributed by atoms with Gasteiger partial charge in [0.05, 0.1) is 0 Å². The topological polar surface area (TPSA) is 32.3 Å². The molecule has 0 aromatic heterocycles. The molecule has 2 aliphatic rings. The monoisotopic (exact) mass is 286 g/mol. The third-order valence-electron chi connectivity index (χ3n) is 5.01. The molecule has 0 spiro atoms.